The molecule has 1 aliphatic carbocycles. The molecule has 1 saturated carbocycles. The van der Waals surface area contributed by atoms with E-state index in [0.29, 0.717) is 16.6 Å². The number of carbonyl (C=O) groups is 1. The van der Waals surface area contributed by atoms with E-state index in [1.807, 2.05) is 12.1 Å². The molecule has 2 nitrogen and oxygen atoms in total. The van der Waals surface area contributed by atoms with Gasteiger partial charge < -0.3 is 5.32 Å². The summed E-state index contributed by atoms with van der Waals surface area (Å²) in [5.41, 5.74) is 0.546. The first-order valence-corrected chi connectivity index (χ1v) is 7.50. The molecule has 1 aromatic carbocycles. The summed E-state index contributed by atoms with van der Waals surface area (Å²) in [6.45, 7) is 2.27. The van der Waals surface area contributed by atoms with Gasteiger partial charge in [-0.3, -0.25) is 4.79 Å². The molecular weight excluding hydrogens is 314 g/mol. The highest BCUT2D eigenvalue weighted by Crippen LogP contribution is 2.27. The third kappa shape index (κ3) is 3.27. The predicted octanol–water partition coefficient (Wildman–Crippen LogP) is 4.41. The number of amides is 1. The van der Waals surface area contributed by atoms with Crippen molar-refractivity contribution < 1.29 is 4.79 Å². The quantitative estimate of drug-likeness (QED) is 0.855. The molecule has 2 rings (SSSR count). The van der Waals surface area contributed by atoms with Crippen LogP contribution >= 0.6 is 27.5 Å². The SMILES string of the molecule is CC1CCC(NC(=O)c2cccc(Br)c2Cl)CC1. The van der Waals surface area contributed by atoms with Crippen molar-refractivity contribution in [1.82, 2.24) is 5.32 Å². The van der Waals surface area contributed by atoms with Crippen LogP contribution in [0, 0.1) is 5.92 Å². The van der Waals surface area contributed by atoms with Crippen molar-refractivity contribution in [3.05, 3.63) is 33.3 Å². The first-order valence-electron chi connectivity index (χ1n) is 6.33. The lowest BCUT2D eigenvalue weighted by Crippen LogP contribution is -2.37. The molecule has 1 N–H and O–H groups in total. The molecule has 4 heteroatoms. The largest absolute Gasteiger partial charge is 0.349 e. The van der Waals surface area contributed by atoms with E-state index >= 15 is 0 Å². The van der Waals surface area contributed by atoms with Gasteiger partial charge in [0.05, 0.1) is 10.6 Å². The maximum Gasteiger partial charge on any atom is 0.253 e. The number of benzene rings is 1. The second-order valence-electron chi connectivity index (χ2n) is 5.03. The van der Waals surface area contributed by atoms with Crippen molar-refractivity contribution in [2.75, 3.05) is 0 Å². The summed E-state index contributed by atoms with van der Waals surface area (Å²) in [4.78, 5) is 12.2. The third-order valence-corrected chi connectivity index (χ3v) is 4.84. The number of rotatable bonds is 2. The number of nitrogens with one attached hydrogen (secondary N) is 1. The first-order chi connectivity index (χ1) is 8.58. The topological polar surface area (TPSA) is 29.1 Å². The molecule has 0 radical (unpaired) electrons. The van der Waals surface area contributed by atoms with Gasteiger partial charge in [-0.15, -0.1) is 0 Å². The third-order valence-electron chi connectivity index (χ3n) is 3.55. The Morgan fingerprint density at radius 3 is 2.67 bits per heavy atom. The average molecular weight is 331 g/mol. The van der Waals surface area contributed by atoms with Gasteiger partial charge in [-0.25, -0.2) is 0 Å². The molecule has 1 amide bonds. The van der Waals surface area contributed by atoms with Gasteiger partial charge in [-0.2, -0.15) is 0 Å². The lowest BCUT2D eigenvalue weighted by Gasteiger charge is -2.27. The zero-order valence-electron chi connectivity index (χ0n) is 10.4. The van der Waals surface area contributed by atoms with Crippen LogP contribution in [0.1, 0.15) is 43.0 Å². The maximum absolute atomic E-state index is 12.2. The summed E-state index contributed by atoms with van der Waals surface area (Å²) in [7, 11) is 0. The van der Waals surface area contributed by atoms with Crippen molar-refractivity contribution in [3.63, 3.8) is 0 Å². The van der Waals surface area contributed by atoms with Crippen LogP contribution in [0.3, 0.4) is 0 Å². The van der Waals surface area contributed by atoms with Gasteiger partial charge in [0, 0.05) is 10.5 Å². The van der Waals surface area contributed by atoms with Crippen LogP contribution in [0.25, 0.3) is 0 Å². The number of hydrogen-bond donors (Lipinski definition) is 1. The van der Waals surface area contributed by atoms with Crippen molar-refractivity contribution in [1.29, 1.82) is 0 Å². The highest BCUT2D eigenvalue weighted by atomic mass is 79.9. The van der Waals surface area contributed by atoms with Crippen LogP contribution in [0.4, 0.5) is 0 Å². The fourth-order valence-electron chi connectivity index (χ4n) is 2.35. The van der Waals surface area contributed by atoms with E-state index in [1.54, 1.807) is 6.07 Å². The lowest BCUT2D eigenvalue weighted by molar-refractivity contribution is 0.0923. The summed E-state index contributed by atoms with van der Waals surface area (Å²) < 4.78 is 0.758. The minimum Gasteiger partial charge on any atom is -0.349 e. The van der Waals surface area contributed by atoms with Crippen LogP contribution in [0.2, 0.25) is 5.02 Å². The Labute approximate surface area is 121 Å². The van der Waals surface area contributed by atoms with E-state index < -0.39 is 0 Å². The number of hydrogen-bond acceptors (Lipinski definition) is 1. The Morgan fingerprint density at radius 1 is 1.33 bits per heavy atom. The molecule has 98 valence electrons. The molecule has 0 heterocycles. The second-order valence-corrected chi connectivity index (χ2v) is 6.26. The second kappa shape index (κ2) is 6.07. The average Bonchev–Trinajstić information content (AvgIpc) is 2.35. The molecule has 0 spiro atoms. The normalized spacial score (nSPS) is 23.7. The molecule has 0 bridgehead atoms. The first kappa shape index (κ1) is 13.9. The predicted molar refractivity (Wildman–Crippen MR) is 78.0 cm³/mol. The number of halogens is 2. The van der Waals surface area contributed by atoms with Gasteiger partial charge in [-0.1, -0.05) is 24.6 Å². The van der Waals surface area contributed by atoms with Crippen molar-refractivity contribution in [2.24, 2.45) is 5.92 Å². The van der Waals surface area contributed by atoms with Gasteiger partial charge in [0.2, 0.25) is 0 Å². The highest BCUT2D eigenvalue weighted by Gasteiger charge is 2.21. The van der Waals surface area contributed by atoms with E-state index in [9.17, 15) is 4.79 Å². The fraction of sp³-hybridized carbons (Fsp3) is 0.500. The molecular formula is C14H17BrClNO. The Balaban J connectivity index is 2.01. The van der Waals surface area contributed by atoms with Crippen LogP contribution < -0.4 is 5.32 Å². The van der Waals surface area contributed by atoms with E-state index in [0.717, 1.165) is 23.2 Å². The Kier molecular flexibility index (Phi) is 4.68. The van der Waals surface area contributed by atoms with Crippen molar-refractivity contribution in [3.8, 4) is 0 Å². The van der Waals surface area contributed by atoms with Gasteiger partial charge in [0.15, 0.2) is 0 Å². The van der Waals surface area contributed by atoms with E-state index in [-0.39, 0.29) is 5.91 Å². The molecule has 0 unspecified atom stereocenters. The Hall–Kier alpha value is -0.540. The minimum atomic E-state index is -0.0687. The smallest absolute Gasteiger partial charge is 0.253 e. The van der Waals surface area contributed by atoms with Crippen LogP contribution in [-0.4, -0.2) is 11.9 Å². The summed E-state index contributed by atoms with van der Waals surface area (Å²) in [5, 5.41) is 3.56. The van der Waals surface area contributed by atoms with Crippen molar-refractivity contribution >= 4 is 33.4 Å². The molecule has 0 aliphatic heterocycles. The van der Waals surface area contributed by atoms with E-state index in [4.69, 9.17) is 11.6 Å². The number of carbonyl (C=O) groups excluding carboxylic acids is 1. The molecule has 1 aromatic rings. The monoisotopic (exact) mass is 329 g/mol. The summed E-state index contributed by atoms with van der Waals surface area (Å²) in [5.74, 6) is 0.716. The maximum atomic E-state index is 12.2. The Morgan fingerprint density at radius 2 is 2.00 bits per heavy atom. The highest BCUT2D eigenvalue weighted by molar-refractivity contribution is 9.10. The summed E-state index contributed by atoms with van der Waals surface area (Å²) in [6.07, 6.45) is 4.52. The fourth-order valence-corrected chi connectivity index (χ4v) is 2.92. The molecule has 0 aromatic heterocycles. The summed E-state index contributed by atoms with van der Waals surface area (Å²) >= 11 is 9.46. The molecule has 0 atom stereocenters. The van der Waals surface area contributed by atoms with E-state index in [1.165, 1.54) is 12.8 Å². The minimum absolute atomic E-state index is 0.0687. The van der Waals surface area contributed by atoms with Crippen LogP contribution in [-0.2, 0) is 0 Å². The van der Waals surface area contributed by atoms with Crippen LogP contribution in [0.5, 0.6) is 0 Å². The molecule has 18 heavy (non-hydrogen) atoms. The van der Waals surface area contributed by atoms with Gasteiger partial charge in [-0.05, 0) is 59.7 Å². The zero-order chi connectivity index (χ0) is 13.1. The zero-order valence-corrected chi connectivity index (χ0v) is 12.7. The molecule has 0 saturated heterocycles. The van der Waals surface area contributed by atoms with Crippen molar-refractivity contribution in [2.45, 2.75) is 38.6 Å². The Bertz CT molecular complexity index is 441. The van der Waals surface area contributed by atoms with Gasteiger partial charge >= 0.3 is 0 Å². The molecule has 1 fully saturated rings. The molecule has 1 aliphatic rings. The van der Waals surface area contributed by atoms with Gasteiger partial charge in [0.25, 0.3) is 5.91 Å². The standard InChI is InChI=1S/C14H17BrClNO/c1-9-5-7-10(8-6-9)17-14(18)11-3-2-4-12(15)13(11)16/h2-4,9-10H,5-8H2,1H3,(H,17,18). The van der Waals surface area contributed by atoms with Crippen LogP contribution in [0.15, 0.2) is 22.7 Å². The van der Waals surface area contributed by atoms with E-state index in [2.05, 4.69) is 28.2 Å². The summed E-state index contributed by atoms with van der Waals surface area (Å²) in [6, 6.07) is 5.71. The lowest BCUT2D eigenvalue weighted by atomic mass is 9.87. The van der Waals surface area contributed by atoms with Gasteiger partial charge in [0.1, 0.15) is 0 Å².